The molecule has 1 aromatic heterocycles. The molecule has 5 nitrogen and oxygen atoms in total. The van der Waals surface area contributed by atoms with Gasteiger partial charge >= 0.3 is 10.2 Å². The number of nitrogens with two attached hydrogens (primary N) is 1. The molecule has 0 atom stereocenters. The minimum atomic E-state index is -9.72. The largest absolute Gasteiger partial charge is 0.398 e. The lowest BCUT2D eigenvalue weighted by atomic mass is 10.1. The summed E-state index contributed by atoms with van der Waals surface area (Å²) in [6.45, 7) is 0. The van der Waals surface area contributed by atoms with E-state index in [1.54, 1.807) is 6.07 Å². The van der Waals surface area contributed by atoms with Gasteiger partial charge in [0.15, 0.2) is 5.82 Å². The minimum Gasteiger partial charge on any atom is -0.398 e. The van der Waals surface area contributed by atoms with Crippen molar-refractivity contribution in [3.05, 3.63) is 54.4 Å². The quantitative estimate of drug-likeness (QED) is 0.504. The number of nitriles is 1. The van der Waals surface area contributed by atoms with E-state index in [0.717, 1.165) is 16.8 Å². The van der Waals surface area contributed by atoms with Crippen LogP contribution in [0.2, 0.25) is 0 Å². The third-order valence-corrected chi connectivity index (χ3v) is 4.63. The normalized spacial score (nSPS) is 14.3. The van der Waals surface area contributed by atoms with Crippen LogP contribution >= 0.6 is 10.2 Å². The summed E-state index contributed by atoms with van der Waals surface area (Å²) in [7, 11) is -9.72. The predicted octanol–water partition coefficient (Wildman–Crippen LogP) is 5.05. The Kier molecular flexibility index (Phi) is 3.37. The highest BCUT2D eigenvalue weighted by atomic mass is 32.5. The Bertz CT molecular complexity index is 1040. The summed E-state index contributed by atoms with van der Waals surface area (Å²) in [5.74, 6) is 0.193. The molecule has 0 aliphatic rings. The van der Waals surface area contributed by atoms with Crippen LogP contribution in [0.3, 0.4) is 0 Å². The van der Waals surface area contributed by atoms with Crippen molar-refractivity contribution in [1.29, 1.82) is 5.26 Å². The summed E-state index contributed by atoms with van der Waals surface area (Å²) in [6, 6.07) is 8.79. The lowest BCUT2D eigenvalue weighted by Gasteiger charge is -2.40. The number of anilines is 1. The van der Waals surface area contributed by atoms with Gasteiger partial charge in [0, 0.05) is 11.3 Å². The molecule has 0 saturated carbocycles. The molecule has 0 unspecified atom stereocenters. The van der Waals surface area contributed by atoms with Gasteiger partial charge in [-0.05, 0) is 42.5 Å². The second-order valence-corrected chi connectivity index (χ2v) is 7.80. The van der Waals surface area contributed by atoms with Crippen molar-refractivity contribution in [3.63, 3.8) is 0 Å². The molecule has 0 aliphatic heterocycles. The first-order valence-electron chi connectivity index (χ1n) is 6.93. The first-order valence-corrected chi connectivity index (χ1v) is 8.89. The molecule has 3 rings (SSSR count). The van der Waals surface area contributed by atoms with Gasteiger partial charge in [0.25, 0.3) is 0 Å². The van der Waals surface area contributed by atoms with Crippen molar-refractivity contribution < 1.29 is 19.4 Å². The zero-order valence-electron chi connectivity index (χ0n) is 12.8. The summed E-state index contributed by atoms with van der Waals surface area (Å²) in [5.41, 5.74) is 6.71. The van der Waals surface area contributed by atoms with Gasteiger partial charge < -0.3 is 5.73 Å². The van der Waals surface area contributed by atoms with Gasteiger partial charge in [-0.15, -0.1) is 5.10 Å². The fourth-order valence-corrected chi connectivity index (χ4v) is 2.82. The Morgan fingerprint density at radius 3 is 2.23 bits per heavy atom. The topological polar surface area (TPSA) is 80.5 Å². The number of aromatic nitrogens is 3. The average Bonchev–Trinajstić information content (AvgIpc) is 3.03. The molecule has 3 aromatic rings. The van der Waals surface area contributed by atoms with Crippen LogP contribution in [0.5, 0.6) is 0 Å². The molecule has 136 valence electrons. The van der Waals surface area contributed by atoms with Gasteiger partial charge in [0.1, 0.15) is 17.3 Å². The molecular weight excluding hydrogens is 377 g/mol. The van der Waals surface area contributed by atoms with E-state index in [1.807, 2.05) is 6.07 Å². The predicted molar refractivity (Wildman–Crippen MR) is 87.3 cm³/mol. The highest BCUT2D eigenvalue weighted by Gasteiger charge is 2.65. The summed E-state index contributed by atoms with van der Waals surface area (Å²) in [5, 5.41) is 13.1. The van der Waals surface area contributed by atoms with E-state index in [1.165, 1.54) is 18.5 Å². The maximum Gasteiger partial charge on any atom is 0.310 e. The van der Waals surface area contributed by atoms with E-state index in [9.17, 15) is 19.4 Å². The molecule has 11 heteroatoms. The molecule has 0 spiro atoms. The van der Waals surface area contributed by atoms with Crippen molar-refractivity contribution in [3.8, 4) is 23.1 Å². The molecular formula is C15H10F5N5S. The summed E-state index contributed by atoms with van der Waals surface area (Å²) >= 11 is 0. The molecule has 2 aromatic carbocycles. The Morgan fingerprint density at radius 2 is 1.65 bits per heavy atom. The van der Waals surface area contributed by atoms with Gasteiger partial charge in [0.05, 0.1) is 11.3 Å². The molecule has 1 heterocycles. The van der Waals surface area contributed by atoms with E-state index in [2.05, 4.69) is 10.1 Å². The van der Waals surface area contributed by atoms with E-state index >= 15 is 0 Å². The van der Waals surface area contributed by atoms with Gasteiger partial charge in [-0.2, -0.15) is 5.26 Å². The Morgan fingerprint density at radius 1 is 1.00 bits per heavy atom. The molecule has 0 aliphatic carbocycles. The first-order chi connectivity index (χ1) is 11.9. The van der Waals surface area contributed by atoms with Gasteiger partial charge in [0.2, 0.25) is 0 Å². The molecule has 0 radical (unpaired) electrons. The third-order valence-electron chi connectivity index (χ3n) is 3.47. The molecule has 2 N–H and O–H groups in total. The van der Waals surface area contributed by atoms with Gasteiger partial charge in [-0.1, -0.05) is 19.4 Å². The van der Waals surface area contributed by atoms with Gasteiger partial charge in [-0.3, -0.25) is 0 Å². The number of nitrogens with zero attached hydrogens (tertiary/aromatic N) is 4. The van der Waals surface area contributed by atoms with E-state index in [-0.39, 0.29) is 22.8 Å². The number of nitrogen functional groups attached to an aromatic ring is 1. The molecule has 0 amide bonds. The van der Waals surface area contributed by atoms with E-state index in [4.69, 9.17) is 11.0 Å². The summed E-state index contributed by atoms with van der Waals surface area (Å²) < 4.78 is 64.8. The highest BCUT2D eigenvalue weighted by Crippen LogP contribution is 3.02. The molecule has 26 heavy (non-hydrogen) atoms. The summed E-state index contributed by atoms with van der Waals surface area (Å²) in [6.07, 6.45) is 1.21. The van der Waals surface area contributed by atoms with E-state index in [0.29, 0.717) is 17.7 Å². The maximum atomic E-state index is 12.7. The number of hydrogen-bond acceptors (Lipinski definition) is 4. The van der Waals surface area contributed by atoms with Crippen molar-refractivity contribution in [2.75, 3.05) is 5.73 Å². The molecule has 0 bridgehead atoms. The highest BCUT2D eigenvalue weighted by molar-refractivity contribution is 8.45. The standard InChI is InChI=1S/C15H10F5N5S/c16-26(17,18,19,20)13-4-2-12(3-5-13)25-9-23-15(24-25)10-1-6-14(22)11(7-10)8-21/h1-7,9H,22H2. The number of rotatable bonds is 3. The zero-order chi connectivity index (χ0) is 19.2. The third kappa shape index (κ3) is 3.45. The Balaban J connectivity index is 1.95. The number of hydrogen-bond donors (Lipinski definition) is 1. The minimum absolute atomic E-state index is 0.116. The van der Waals surface area contributed by atoms with Gasteiger partial charge in [-0.25, -0.2) is 9.67 Å². The Hall–Kier alpha value is -3.13. The number of halogens is 5. The van der Waals surface area contributed by atoms with Crippen molar-refractivity contribution in [2.24, 2.45) is 0 Å². The Labute approximate surface area is 144 Å². The van der Waals surface area contributed by atoms with Crippen LogP contribution in [0.1, 0.15) is 5.56 Å². The second-order valence-electron chi connectivity index (χ2n) is 5.39. The average molecular weight is 387 g/mol. The zero-order valence-corrected chi connectivity index (χ0v) is 13.6. The lowest BCUT2D eigenvalue weighted by Crippen LogP contribution is -2.06. The van der Waals surface area contributed by atoms with Crippen molar-refractivity contribution in [2.45, 2.75) is 4.90 Å². The van der Waals surface area contributed by atoms with Crippen molar-refractivity contribution in [1.82, 2.24) is 14.8 Å². The second kappa shape index (κ2) is 4.95. The van der Waals surface area contributed by atoms with Crippen LogP contribution in [-0.2, 0) is 0 Å². The van der Waals surface area contributed by atoms with Crippen LogP contribution in [0.4, 0.5) is 25.1 Å². The monoisotopic (exact) mass is 387 g/mol. The first kappa shape index (κ1) is 17.7. The maximum absolute atomic E-state index is 12.7. The van der Waals surface area contributed by atoms with Crippen LogP contribution in [0.15, 0.2) is 53.7 Å². The lowest BCUT2D eigenvalue weighted by molar-refractivity contribution is 0.364. The molecule has 0 fully saturated rings. The molecule has 0 saturated heterocycles. The smallest absolute Gasteiger partial charge is 0.310 e. The van der Waals surface area contributed by atoms with Crippen molar-refractivity contribution >= 4 is 15.9 Å². The van der Waals surface area contributed by atoms with Crippen LogP contribution in [0, 0.1) is 11.3 Å². The number of benzene rings is 2. The van der Waals surface area contributed by atoms with Crippen LogP contribution in [-0.4, -0.2) is 14.8 Å². The van der Waals surface area contributed by atoms with Crippen LogP contribution in [0.25, 0.3) is 17.1 Å². The fourth-order valence-electron chi connectivity index (χ4n) is 2.17. The SMILES string of the molecule is N#Cc1cc(-c2ncn(-c3ccc(S(F)(F)(F)(F)F)cc3)n2)ccc1N. The summed E-state index contributed by atoms with van der Waals surface area (Å²) in [4.78, 5) is 2.02. The fraction of sp³-hybridized carbons (Fsp3) is 0. The van der Waals surface area contributed by atoms with Crippen LogP contribution < -0.4 is 5.73 Å². The van der Waals surface area contributed by atoms with E-state index < -0.39 is 15.1 Å².